The van der Waals surface area contributed by atoms with E-state index in [-0.39, 0.29) is 6.04 Å². The molecular weight excluding hydrogens is 142 g/mol. The second-order valence-corrected chi connectivity index (χ2v) is 2.83. The zero-order chi connectivity index (χ0) is 8.27. The van der Waals surface area contributed by atoms with Gasteiger partial charge < -0.3 is 5.32 Å². The fourth-order valence-corrected chi connectivity index (χ4v) is 0.929. The van der Waals surface area contributed by atoms with Crippen LogP contribution in [0.3, 0.4) is 0 Å². The summed E-state index contributed by atoms with van der Waals surface area (Å²) in [6, 6.07) is 0.625. The van der Waals surface area contributed by atoms with Gasteiger partial charge in [0.05, 0.1) is 6.04 Å². The Morgan fingerprint density at radius 2 is 2.09 bits per heavy atom. The number of hydrogen-bond donors (Lipinski definition) is 2. The summed E-state index contributed by atoms with van der Waals surface area (Å²) in [7, 11) is 0. The van der Waals surface area contributed by atoms with Crippen LogP contribution in [0.1, 0.15) is 32.6 Å². The second kappa shape index (κ2) is 3.43. The van der Waals surface area contributed by atoms with Gasteiger partial charge in [0, 0.05) is 6.04 Å². The quantitative estimate of drug-likeness (QED) is 0.657. The molecule has 1 rings (SSSR count). The van der Waals surface area contributed by atoms with Crippen molar-refractivity contribution in [3.05, 3.63) is 5.82 Å². The molecule has 0 fully saturated rings. The average molecular weight is 155 g/mol. The van der Waals surface area contributed by atoms with E-state index in [0.717, 1.165) is 5.82 Å². The minimum atomic E-state index is 0.185. The van der Waals surface area contributed by atoms with Crippen LogP contribution < -0.4 is 5.32 Å². The van der Waals surface area contributed by atoms with Gasteiger partial charge in [-0.1, -0.05) is 13.8 Å². The number of aromatic nitrogens is 4. The SMILES string of the molecule is CC(C)NC(C)c1nnn[nH]1. The molecule has 0 aliphatic carbocycles. The molecular formula is C6H13N5. The second-order valence-electron chi connectivity index (χ2n) is 2.83. The van der Waals surface area contributed by atoms with Crippen LogP contribution in [-0.2, 0) is 0 Å². The van der Waals surface area contributed by atoms with Gasteiger partial charge in [-0.15, -0.1) is 5.10 Å². The number of hydrogen-bond acceptors (Lipinski definition) is 4. The predicted octanol–water partition coefficient (Wildman–Crippen LogP) is 0.259. The number of tetrazole rings is 1. The summed E-state index contributed by atoms with van der Waals surface area (Å²) in [5.74, 6) is 0.777. The summed E-state index contributed by atoms with van der Waals surface area (Å²) < 4.78 is 0. The van der Waals surface area contributed by atoms with Crippen LogP contribution >= 0.6 is 0 Å². The third-order valence-corrected chi connectivity index (χ3v) is 1.36. The lowest BCUT2D eigenvalue weighted by Gasteiger charge is -2.12. The van der Waals surface area contributed by atoms with Gasteiger partial charge in [-0.2, -0.15) is 0 Å². The van der Waals surface area contributed by atoms with Crippen LogP contribution in [0.2, 0.25) is 0 Å². The molecule has 0 bridgehead atoms. The van der Waals surface area contributed by atoms with Crippen LogP contribution in [-0.4, -0.2) is 26.7 Å². The smallest absolute Gasteiger partial charge is 0.165 e. The molecule has 62 valence electrons. The van der Waals surface area contributed by atoms with Gasteiger partial charge in [-0.05, 0) is 17.4 Å². The number of H-pyrrole nitrogens is 1. The normalized spacial score (nSPS) is 13.8. The number of aromatic amines is 1. The third-order valence-electron chi connectivity index (χ3n) is 1.36. The Hall–Kier alpha value is -0.970. The molecule has 1 atom stereocenters. The maximum Gasteiger partial charge on any atom is 0.165 e. The number of nitrogens with zero attached hydrogens (tertiary/aromatic N) is 3. The average Bonchev–Trinajstić information content (AvgIpc) is 2.35. The molecule has 0 aromatic carbocycles. The number of rotatable bonds is 3. The van der Waals surface area contributed by atoms with Crippen molar-refractivity contribution in [3.8, 4) is 0 Å². The van der Waals surface area contributed by atoms with Crippen LogP contribution in [0.5, 0.6) is 0 Å². The van der Waals surface area contributed by atoms with Gasteiger partial charge in [-0.25, -0.2) is 5.10 Å². The largest absolute Gasteiger partial charge is 0.305 e. The van der Waals surface area contributed by atoms with Crippen molar-refractivity contribution in [1.82, 2.24) is 25.9 Å². The van der Waals surface area contributed by atoms with E-state index >= 15 is 0 Å². The molecule has 2 N–H and O–H groups in total. The lowest BCUT2D eigenvalue weighted by molar-refractivity contribution is 0.487. The molecule has 1 heterocycles. The first kappa shape index (κ1) is 8.13. The summed E-state index contributed by atoms with van der Waals surface area (Å²) in [4.78, 5) is 0. The minimum Gasteiger partial charge on any atom is -0.305 e. The fourth-order valence-electron chi connectivity index (χ4n) is 0.929. The lowest BCUT2D eigenvalue weighted by atomic mass is 10.3. The molecule has 0 amide bonds. The Labute approximate surface area is 65.6 Å². The van der Waals surface area contributed by atoms with Crippen molar-refractivity contribution in [2.24, 2.45) is 0 Å². The Balaban J connectivity index is 2.49. The van der Waals surface area contributed by atoms with Crippen molar-refractivity contribution in [3.63, 3.8) is 0 Å². The van der Waals surface area contributed by atoms with Crippen LogP contribution in [0, 0.1) is 0 Å². The van der Waals surface area contributed by atoms with Crippen molar-refractivity contribution < 1.29 is 0 Å². The zero-order valence-corrected chi connectivity index (χ0v) is 7.00. The third kappa shape index (κ3) is 2.27. The highest BCUT2D eigenvalue weighted by Gasteiger charge is 2.08. The first-order chi connectivity index (χ1) is 5.20. The monoisotopic (exact) mass is 155 g/mol. The summed E-state index contributed by atoms with van der Waals surface area (Å²) in [6.07, 6.45) is 0. The predicted molar refractivity (Wildman–Crippen MR) is 40.9 cm³/mol. The van der Waals surface area contributed by atoms with Crippen LogP contribution in [0.4, 0.5) is 0 Å². The molecule has 5 nitrogen and oxygen atoms in total. The van der Waals surface area contributed by atoms with Crippen LogP contribution in [0.25, 0.3) is 0 Å². The molecule has 0 aliphatic heterocycles. The molecule has 0 radical (unpaired) electrons. The lowest BCUT2D eigenvalue weighted by Crippen LogP contribution is -2.26. The minimum absolute atomic E-state index is 0.185. The fraction of sp³-hybridized carbons (Fsp3) is 0.833. The Morgan fingerprint density at radius 3 is 2.55 bits per heavy atom. The maximum atomic E-state index is 3.79. The molecule has 0 aliphatic rings. The van der Waals surface area contributed by atoms with Crippen molar-refractivity contribution >= 4 is 0 Å². The highest BCUT2D eigenvalue weighted by molar-refractivity contribution is 4.86. The van der Waals surface area contributed by atoms with E-state index in [4.69, 9.17) is 0 Å². The molecule has 0 spiro atoms. The molecule has 1 unspecified atom stereocenters. The first-order valence-corrected chi connectivity index (χ1v) is 3.70. The summed E-state index contributed by atoms with van der Waals surface area (Å²) in [5, 5.41) is 16.7. The topological polar surface area (TPSA) is 66.5 Å². The maximum absolute atomic E-state index is 3.79. The summed E-state index contributed by atoms with van der Waals surface area (Å²) in [6.45, 7) is 6.18. The molecule has 1 aromatic heterocycles. The van der Waals surface area contributed by atoms with Crippen molar-refractivity contribution in [2.75, 3.05) is 0 Å². The summed E-state index contributed by atoms with van der Waals surface area (Å²) >= 11 is 0. The van der Waals surface area contributed by atoms with E-state index in [1.807, 2.05) is 6.92 Å². The van der Waals surface area contributed by atoms with Crippen molar-refractivity contribution in [2.45, 2.75) is 32.9 Å². The van der Waals surface area contributed by atoms with Gasteiger partial charge >= 0.3 is 0 Å². The molecule has 11 heavy (non-hydrogen) atoms. The van der Waals surface area contributed by atoms with Gasteiger partial charge in [-0.3, -0.25) is 0 Å². The van der Waals surface area contributed by atoms with Crippen LogP contribution in [0.15, 0.2) is 0 Å². The van der Waals surface area contributed by atoms with Crippen molar-refractivity contribution in [1.29, 1.82) is 0 Å². The Bertz CT molecular complexity index is 193. The molecule has 0 saturated carbocycles. The van der Waals surface area contributed by atoms with Gasteiger partial charge in [0.2, 0.25) is 0 Å². The number of nitrogens with one attached hydrogen (secondary N) is 2. The summed E-state index contributed by atoms with van der Waals surface area (Å²) in [5.41, 5.74) is 0. The van der Waals surface area contributed by atoms with E-state index in [2.05, 4.69) is 39.8 Å². The van der Waals surface area contributed by atoms with E-state index in [0.29, 0.717) is 6.04 Å². The van der Waals surface area contributed by atoms with Gasteiger partial charge in [0.25, 0.3) is 0 Å². The molecule has 1 aromatic rings. The Morgan fingerprint density at radius 1 is 1.36 bits per heavy atom. The van der Waals surface area contributed by atoms with Gasteiger partial charge in [0.15, 0.2) is 5.82 Å². The van der Waals surface area contributed by atoms with E-state index in [1.165, 1.54) is 0 Å². The van der Waals surface area contributed by atoms with E-state index in [9.17, 15) is 0 Å². The molecule has 0 saturated heterocycles. The highest BCUT2D eigenvalue weighted by Crippen LogP contribution is 2.03. The standard InChI is InChI=1S/C6H13N5/c1-4(2)7-5(3)6-8-10-11-9-6/h4-5,7H,1-3H3,(H,8,9,10,11). The van der Waals surface area contributed by atoms with Gasteiger partial charge in [0.1, 0.15) is 0 Å². The van der Waals surface area contributed by atoms with E-state index < -0.39 is 0 Å². The first-order valence-electron chi connectivity index (χ1n) is 3.70. The highest BCUT2D eigenvalue weighted by atomic mass is 15.5. The Kier molecular flexibility index (Phi) is 2.53. The van der Waals surface area contributed by atoms with E-state index in [1.54, 1.807) is 0 Å². The molecule has 5 heteroatoms. The zero-order valence-electron chi connectivity index (χ0n) is 7.00.